The Hall–Kier alpha value is -2.78. The maximum atomic E-state index is 13.1. The Labute approximate surface area is 188 Å². The second-order valence-electron chi connectivity index (χ2n) is 7.90. The standard InChI is InChI=1S/C23H28N2O6S/c1-3-30-19-6-4-17(5-7-19)25-22-16-32(27,28)15-21(22)24(14-23(25)26)12-13-31-20-10-8-18(29-2)9-11-20/h4-11,21-22H,3,12-16H2,1-2H3. The van der Waals surface area contributed by atoms with E-state index in [0.29, 0.717) is 36.9 Å². The van der Waals surface area contributed by atoms with Gasteiger partial charge in [-0.25, -0.2) is 8.42 Å². The van der Waals surface area contributed by atoms with Gasteiger partial charge >= 0.3 is 0 Å². The van der Waals surface area contributed by atoms with Crippen LogP contribution in [-0.4, -0.2) is 76.2 Å². The number of ether oxygens (including phenoxy) is 3. The molecule has 32 heavy (non-hydrogen) atoms. The molecule has 0 saturated carbocycles. The van der Waals surface area contributed by atoms with Crippen LogP contribution in [0.15, 0.2) is 48.5 Å². The lowest BCUT2D eigenvalue weighted by Crippen LogP contribution is -2.62. The number of nitrogens with zero attached hydrogens (tertiary/aromatic N) is 2. The van der Waals surface area contributed by atoms with Crippen molar-refractivity contribution >= 4 is 21.4 Å². The summed E-state index contributed by atoms with van der Waals surface area (Å²) in [6, 6.07) is 13.8. The minimum absolute atomic E-state index is 0.0353. The third kappa shape index (κ3) is 4.83. The molecule has 0 bridgehead atoms. The molecule has 2 atom stereocenters. The van der Waals surface area contributed by atoms with Gasteiger partial charge in [0.05, 0.1) is 37.8 Å². The van der Waals surface area contributed by atoms with Crippen LogP contribution in [0, 0.1) is 0 Å². The van der Waals surface area contributed by atoms with E-state index in [0.717, 1.165) is 5.75 Å². The number of carbonyl (C=O) groups excluding carboxylic acids is 1. The monoisotopic (exact) mass is 460 g/mol. The SMILES string of the molecule is CCOc1ccc(N2C(=O)CN(CCOc3ccc(OC)cc3)C3CS(=O)(=O)CC32)cc1. The van der Waals surface area contributed by atoms with Crippen molar-refractivity contribution in [3.8, 4) is 17.2 Å². The lowest BCUT2D eigenvalue weighted by Gasteiger charge is -2.43. The van der Waals surface area contributed by atoms with Crippen LogP contribution in [0.3, 0.4) is 0 Å². The Balaban J connectivity index is 1.46. The molecule has 9 heteroatoms. The number of sulfone groups is 1. The molecule has 2 fully saturated rings. The highest BCUT2D eigenvalue weighted by Gasteiger charge is 2.49. The van der Waals surface area contributed by atoms with Crippen LogP contribution in [0.4, 0.5) is 5.69 Å². The van der Waals surface area contributed by atoms with Gasteiger partial charge in [-0.15, -0.1) is 0 Å². The topological polar surface area (TPSA) is 85.4 Å². The van der Waals surface area contributed by atoms with E-state index >= 15 is 0 Å². The van der Waals surface area contributed by atoms with Crippen molar-refractivity contribution in [3.05, 3.63) is 48.5 Å². The van der Waals surface area contributed by atoms with E-state index in [1.807, 2.05) is 48.2 Å². The Morgan fingerprint density at radius 2 is 1.50 bits per heavy atom. The van der Waals surface area contributed by atoms with Crippen LogP contribution in [0.2, 0.25) is 0 Å². The smallest absolute Gasteiger partial charge is 0.241 e. The molecule has 0 aromatic heterocycles. The summed E-state index contributed by atoms with van der Waals surface area (Å²) in [6.07, 6.45) is 0. The molecule has 2 aliphatic heterocycles. The molecule has 4 rings (SSSR count). The number of methoxy groups -OCH3 is 1. The molecule has 0 N–H and O–H groups in total. The van der Waals surface area contributed by atoms with Crippen molar-refractivity contribution in [2.24, 2.45) is 0 Å². The zero-order chi connectivity index (χ0) is 22.7. The van der Waals surface area contributed by atoms with Crippen molar-refractivity contribution < 1.29 is 27.4 Å². The lowest BCUT2D eigenvalue weighted by atomic mass is 10.0. The summed E-state index contributed by atoms with van der Waals surface area (Å²) in [5, 5.41) is 0. The summed E-state index contributed by atoms with van der Waals surface area (Å²) in [5.74, 6) is 2.05. The predicted octanol–water partition coefficient (Wildman–Crippen LogP) is 1.99. The molecule has 2 aliphatic rings. The molecule has 8 nitrogen and oxygen atoms in total. The minimum atomic E-state index is -3.24. The maximum absolute atomic E-state index is 13.1. The fraction of sp³-hybridized carbons (Fsp3) is 0.435. The van der Waals surface area contributed by atoms with Crippen LogP contribution in [-0.2, 0) is 14.6 Å². The maximum Gasteiger partial charge on any atom is 0.241 e. The Bertz CT molecular complexity index is 1040. The van der Waals surface area contributed by atoms with Gasteiger partial charge in [-0.3, -0.25) is 9.69 Å². The fourth-order valence-electron chi connectivity index (χ4n) is 4.36. The summed E-state index contributed by atoms with van der Waals surface area (Å²) in [4.78, 5) is 16.7. The van der Waals surface area contributed by atoms with E-state index in [2.05, 4.69) is 0 Å². The van der Waals surface area contributed by atoms with Crippen LogP contribution < -0.4 is 19.1 Å². The fourth-order valence-corrected chi connectivity index (χ4v) is 6.34. The molecule has 1 amide bonds. The first-order valence-electron chi connectivity index (χ1n) is 10.7. The second-order valence-corrected chi connectivity index (χ2v) is 10.1. The third-order valence-corrected chi connectivity index (χ3v) is 7.53. The summed E-state index contributed by atoms with van der Waals surface area (Å²) < 4.78 is 41.4. The first-order valence-corrected chi connectivity index (χ1v) is 12.5. The molecular weight excluding hydrogens is 432 g/mol. The lowest BCUT2D eigenvalue weighted by molar-refractivity contribution is -0.123. The number of hydrogen-bond acceptors (Lipinski definition) is 7. The average molecular weight is 461 g/mol. The summed E-state index contributed by atoms with van der Waals surface area (Å²) in [7, 11) is -1.64. The van der Waals surface area contributed by atoms with E-state index in [1.165, 1.54) is 0 Å². The highest BCUT2D eigenvalue weighted by molar-refractivity contribution is 7.91. The number of amides is 1. The van der Waals surface area contributed by atoms with Crippen molar-refractivity contribution in [1.29, 1.82) is 0 Å². The Morgan fingerprint density at radius 3 is 2.16 bits per heavy atom. The van der Waals surface area contributed by atoms with Gasteiger partial charge in [0.2, 0.25) is 5.91 Å². The van der Waals surface area contributed by atoms with E-state index in [4.69, 9.17) is 14.2 Å². The molecule has 0 radical (unpaired) electrons. The number of carbonyl (C=O) groups is 1. The molecule has 2 unspecified atom stereocenters. The molecule has 2 heterocycles. The van der Waals surface area contributed by atoms with Crippen molar-refractivity contribution in [2.45, 2.75) is 19.0 Å². The quantitative estimate of drug-likeness (QED) is 0.596. The summed E-state index contributed by atoms with van der Waals surface area (Å²) in [6.45, 7) is 3.43. The first kappa shape index (κ1) is 22.4. The Kier molecular flexibility index (Phi) is 6.57. The molecule has 2 aromatic rings. The van der Waals surface area contributed by atoms with Gasteiger partial charge in [0.1, 0.15) is 23.9 Å². The zero-order valence-corrected chi connectivity index (χ0v) is 19.1. The zero-order valence-electron chi connectivity index (χ0n) is 18.3. The number of hydrogen-bond donors (Lipinski definition) is 0. The van der Waals surface area contributed by atoms with E-state index in [-0.39, 0.29) is 30.0 Å². The normalized spacial score (nSPS) is 22.4. The van der Waals surface area contributed by atoms with Crippen molar-refractivity contribution in [3.63, 3.8) is 0 Å². The summed E-state index contributed by atoms with van der Waals surface area (Å²) in [5.41, 5.74) is 0.694. The van der Waals surface area contributed by atoms with Gasteiger partial charge in [0.15, 0.2) is 9.84 Å². The van der Waals surface area contributed by atoms with Gasteiger partial charge in [-0.2, -0.15) is 0 Å². The number of benzene rings is 2. The average Bonchev–Trinajstić information content (AvgIpc) is 3.10. The number of anilines is 1. The van der Waals surface area contributed by atoms with Crippen molar-refractivity contribution in [2.75, 3.05) is 49.8 Å². The van der Waals surface area contributed by atoms with E-state index in [1.54, 1.807) is 24.1 Å². The number of rotatable bonds is 8. The second kappa shape index (κ2) is 9.38. The van der Waals surface area contributed by atoms with Crippen molar-refractivity contribution in [1.82, 2.24) is 4.90 Å². The largest absolute Gasteiger partial charge is 0.497 e. The molecule has 172 valence electrons. The van der Waals surface area contributed by atoms with Gasteiger partial charge in [-0.05, 0) is 55.5 Å². The highest BCUT2D eigenvalue weighted by Crippen LogP contribution is 2.32. The van der Waals surface area contributed by atoms with E-state index in [9.17, 15) is 13.2 Å². The third-order valence-electron chi connectivity index (χ3n) is 5.83. The van der Waals surface area contributed by atoms with E-state index < -0.39 is 15.9 Å². The first-order chi connectivity index (χ1) is 15.4. The van der Waals surface area contributed by atoms with Gasteiger partial charge in [0.25, 0.3) is 0 Å². The van der Waals surface area contributed by atoms with Crippen LogP contribution in [0.5, 0.6) is 17.2 Å². The highest BCUT2D eigenvalue weighted by atomic mass is 32.2. The number of piperazine rings is 1. The summed E-state index contributed by atoms with van der Waals surface area (Å²) >= 11 is 0. The predicted molar refractivity (Wildman–Crippen MR) is 121 cm³/mol. The molecule has 2 saturated heterocycles. The van der Waals surface area contributed by atoms with Gasteiger partial charge < -0.3 is 19.1 Å². The van der Waals surface area contributed by atoms with Gasteiger partial charge in [-0.1, -0.05) is 0 Å². The molecule has 0 spiro atoms. The van der Waals surface area contributed by atoms with Gasteiger partial charge in [0, 0.05) is 18.3 Å². The molecule has 2 aromatic carbocycles. The van der Waals surface area contributed by atoms with Crippen LogP contribution in [0.25, 0.3) is 0 Å². The number of fused-ring (bicyclic) bond motifs is 1. The molecular formula is C23H28N2O6S. The Morgan fingerprint density at radius 1 is 0.906 bits per heavy atom. The molecule has 0 aliphatic carbocycles. The van der Waals surface area contributed by atoms with Crippen LogP contribution >= 0.6 is 0 Å². The minimum Gasteiger partial charge on any atom is -0.497 e. The van der Waals surface area contributed by atoms with Crippen LogP contribution in [0.1, 0.15) is 6.92 Å².